The van der Waals surface area contributed by atoms with Crippen molar-refractivity contribution in [1.82, 2.24) is 14.3 Å². The van der Waals surface area contributed by atoms with Gasteiger partial charge in [-0.05, 0) is 62.7 Å². The molecule has 0 spiro atoms. The van der Waals surface area contributed by atoms with Crippen molar-refractivity contribution in [1.29, 1.82) is 0 Å². The summed E-state index contributed by atoms with van der Waals surface area (Å²) in [7, 11) is 0. The molecule has 2 aromatic carbocycles. The monoisotopic (exact) mass is 412 g/mol. The number of anilines is 1. The molecule has 1 N–H and O–H groups in total. The lowest BCUT2D eigenvalue weighted by atomic mass is 10.1. The maximum absolute atomic E-state index is 12.9. The lowest BCUT2D eigenvalue weighted by molar-refractivity contribution is 0.102. The summed E-state index contributed by atoms with van der Waals surface area (Å²) in [6, 6.07) is 20.6. The topological polar surface area (TPSA) is 68.9 Å². The van der Waals surface area contributed by atoms with Gasteiger partial charge in [0, 0.05) is 17.6 Å². The van der Waals surface area contributed by atoms with E-state index in [0.29, 0.717) is 12.2 Å². The number of pyridine rings is 1. The number of carbonyl (C=O) groups is 1. The van der Waals surface area contributed by atoms with Gasteiger partial charge in [0.05, 0.1) is 17.9 Å². The summed E-state index contributed by atoms with van der Waals surface area (Å²) in [4.78, 5) is 25.8. The second-order valence-electron chi connectivity index (χ2n) is 7.69. The number of rotatable bonds is 5. The van der Waals surface area contributed by atoms with Crippen LogP contribution in [-0.4, -0.2) is 20.3 Å². The van der Waals surface area contributed by atoms with Crippen LogP contribution in [0.2, 0.25) is 0 Å². The summed E-state index contributed by atoms with van der Waals surface area (Å²) in [5.74, 6) is -0.436. The molecule has 0 aliphatic heterocycles. The number of benzene rings is 2. The molecule has 0 fully saturated rings. The minimum Gasteiger partial charge on any atom is -0.322 e. The summed E-state index contributed by atoms with van der Waals surface area (Å²) in [5, 5.41) is 7.32. The van der Waals surface area contributed by atoms with Gasteiger partial charge in [0.15, 0.2) is 0 Å². The van der Waals surface area contributed by atoms with E-state index in [0.717, 1.165) is 28.2 Å². The van der Waals surface area contributed by atoms with Gasteiger partial charge in [-0.2, -0.15) is 5.10 Å². The van der Waals surface area contributed by atoms with E-state index < -0.39 is 5.91 Å². The molecule has 0 atom stereocenters. The first-order valence-corrected chi connectivity index (χ1v) is 10.1. The molecule has 0 saturated heterocycles. The smallest absolute Gasteiger partial charge is 0.263 e. The Kier molecular flexibility index (Phi) is 5.54. The van der Waals surface area contributed by atoms with E-state index in [9.17, 15) is 9.59 Å². The van der Waals surface area contributed by atoms with Gasteiger partial charge in [0.1, 0.15) is 5.56 Å². The highest BCUT2D eigenvalue weighted by molar-refractivity contribution is 6.04. The maximum Gasteiger partial charge on any atom is 0.263 e. The van der Waals surface area contributed by atoms with Crippen molar-refractivity contribution < 1.29 is 4.79 Å². The van der Waals surface area contributed by atoms with Crippen LogP contribution in [0.5, 0.6) is 0 Å². The van der Waals surface area contributed by atoms with Gasteiger partial charge in [-0.15, -0.1) is 0 Å². The van der Waals surface area contributed by atoms with E-state index in [1.165, 1.54) is 0 Å². The average molecular weight is 412 g/mol. The first-order chi connectivity index (χ1) is 14.9. The first kappa shape index (κ1) is 20.3. The number of hydrogen-bond acceptors (Lipinski definition) is 3. The number of hydrogen-bond donors (Lipinski definition) is 1. The second-order valence-corrected chi connectivity index (χ2v) is 7.69. The number of nitrogens with zero attached hydrogens (tertiary/aromatic N) is 3. The van der Waals surface area contributed by atoms with Crippen LogP contribution in [-0.2, 0) is 6.54 Å². The summed E-state index contributed by atoms with van der Waals surface area (Å²) in [6.07, 6.45) is 1.70. The average Bonchev–Trinajstić information content (AvgIpc) is 3.08. The normalized spacial score (nSPS) is 10.8. The highest BCUT2D eigenvalue weighted by Gasteiger charge is 2.13. The molecular weight excluding hydrogens is 388 g/mol. The molecular formula is C25H24N4O2. The SMILES string of the molecule is Cc1cccc(Cn2cccc(C(=O)Nc3cccc(-n4nc(C)cc4C)c3)c2=O)c1. The van der Waals surface area contributed by atoms with Crippen molar-refractivity contribution in [2.45, 2.75) is 27.3 Å². The van der Waals surface area contributed by atoms with Gasteiger partial charge in [0.2, 0.25) is 0 Å². The molecule has 0 bridgehead atoms. The van der Waals surface area contributed by atoms with E-state index in [2.05, 4.69) is 10.4 Å². The molecule has 4 rings (SSSR count). The summed E-state index contributed by atoms with van der Waals surface area (Å²) in [6.45, 7) is 6.34. The lowest BCUT2D eigenvalue weighted by Crippen LogP contribution is -2.29. The fourth-order valence-corrected chi connectivity index (χ4v) is 3.65. The second kappa shape index (κ2) is 8.44. The third kappa shape index (κ3) is 4.48. The number of carbonyl (C=O) groups excluding carboxylic acids is 1. The Labute approximate surface area is 180 Å². The van der Waals surface area contributed by atoms with Crippen LogP contribution in [0.3, 0.4) is 0 Å². The molecule has 0 unspecified atom stereocenters. The van der Waals surface area contributed by atoms with Crippen LogP contribution >= 0.6 is 0 Å². The largest absolute Gasteiger partial charge is 0.322 e. The third-order valence-electron chi connectivity index (χ3n) is 5.06. The van der Waals surface area contributed by atoms with Crippen molar-refractivity contribution >= 4 is 11.6 Å². The highest BCUT2D eigenvalue weighted by atomic mass is 16.2. The Morgan fingerprint density at radius 3 is 2.52 bits per heavy atom. The third-order valence-corrected chi connectivity index (χ3v) is 5.06. The van der Waals surface area contributed by atoms with Gasteiger partial charge in [-0.1, -0.05) is 35.9 Å². The Bertz CT molecular complexity index is 1320. The highest BCUT2D eigenvalue weighted by Crippen LogP contribution is 2.17. The Hall–Kier alpha value is -3.93. The summed E-state index contributed by atoms with van der Waals surface area (Å²) in [5.41, 5.74) is 5.28. The zero-order valence-electron chi connectivity index (χ0n) is 17.8. The molecule has 0 aliphatic rings. The van der Waals surface area contributed by atoms with Gasteiger partial charge in [-0.25, -0.2) is 4.68 Å². The minimum absolute atomic E-state index is 0.103. The predicted octanol–water partition coefficient (Wildman–Crippen LogP) is 4.26. The van der Waals surface area contributed by atoms with Gasteiger partial charge in [0.25, 0.3) is 11.5 Å². The number of aryl methyl sites for hydroxylation is 3. The van der Waals surface area contributed by atoms with Crippen LogP contribution in [0.4, 0.5) is 5.69 Å². The van der Waals surface area contributed by atoms with Crippen molar-refractivity contribution in [2.75, 3.05) is 5.32 Å². The van der Waals surface area contributed by atoms with Gasteiger partial charge >= 0.3 is 0 Å². The van der Waals surface area contributed by atoms with E-state index in [1.807, 2.05) is 74.0 Å². The Morgan fingerprint density at radius 2 is 1.77 bits per heavy atom. The fraction of sp³-hybridized carbons (Fsp3) is 0.160. The molecule has 0 saturated carbocycles. The lowest BCUT2D eigenvalue weighted by Gasteiger charge is -2.11. The van der Waals surface area contributed by atoms with Crippen LogP contribution in [0.15, 0.2) is 77.7 Å². The summed E-state index contributed by atoms with van der Waals surface area (Å²) < 4.78 is 3.37. The Balaban J connectivity index is 1.57. The predicted molar refractivity (Wildman–Crippen MR) is 122 cm³/mol. The first-order valence-electron chi connectivity index (χ1n) is 10.1. The van der Waals surface area contributed by atoms with E-state index in [-0.39, 0.29) is 11.1 Å². The van der Waals surface area contributed by atoms with Gasteiger partial charge in [-0.3, -0.25) is 9.59 Å². The number of aromatic nitrogens is 3. The molecule has 2 heterocycles. The zero-order chi connectivity index (χ0) is 22.0. The van der Waals surface area contributed by atoms with E-state index >= 15 is 0 Å². The molecule has 6 heteroatoms. The molecule has 4 aromatic rings. The van der Waals surface area contributed by atoms with Crippen LogP contribution < -0.4 is 10.9 Å². The molecule has 6 nitrogen and oxygen atoms in total. The van der Waals surface area contributed by atoms with Crippen LogP contribution in [0, 0.1) is 20.8 Å². The summed E-state index contributed by atoms with van der Waals surface area (Å²) >= 11 is 0. The number of amides is 1. The Morgan fingerprint density at radius 1 is 0.968 bits per heavy atom. The minimum atomic E-state index is -0.436. The van der Waals surface area contributed by atoms with Crippen molar-refractivity contribution in [2.24, 2.45) is 0 Å². The van der Waals surface area contributed by atoms with Crippen molar-refractivity contribution in [3.05, 3.63) is 111 Å². The fourth-order valence-electron chi connectivity index (χ4n) is 3.65. The molecule has 0 aliphatic carbocycles. The van der Waals surface area contributed by atoms with Crippen molar-refractivity contribution in [3.63, 3.8) is 0 Å². The van der Waals surface area contributed by atoms with E-state index in [4.69, 9.17) is 0 Å². The molecule has 0 radical (unpaired) electrons. The van der Waals surface area contributed by atoms with Crippen LogP contribution in [0.25, 0.3) is 5.69 Å². The standard InChI is InChI=1S/C25H24N4O2/c1-17-7-4-8-20(13-17)16-28-12-6-11-23(25(28)31)24(30)26-21-9-5-10-22(15-21)29-19(3)14-18(2)27-29/h4-15H,16H2,1-3H3,(H,26,30). The quantitative estimate of drug-likeness (QED) is 0.533. The maximum atomic E-state index is 12.9. The molecule has 31 heavy (non-hydrogen) atoms. The number of nitrogens with one attached hydrogen (secondary N) is 1. The zero-order valence-corrected chi connectivity index (χ0v) is 17.8. The van der Waals surface area contributed by atoms with Gasteiger partial charge < -0.3 is 9.88 Å². The molecule has 156 valence electrons. The van der Waals surface area contributed by atoms with E-state index in [1.54, 1.807) is 29.0 Å². The van der Waals surface area contributed by atoms with Crippen molar-refractivity contribution in [3.8, 4) is 5.69 Å². The molecule has 1 amide bonds. The molecule has 2 aromatic heterocycles. The van der Waals surface area contributed by atoms with Crippen LogP contribution in [0.1, 0.15) is 32.9 Å².